The van der Waals surface area contributed by atoms with Crippen molar-refractivity contribution >= 4 is 21.7 Å². The van der Waals surface area contributed by atoms with Crippen molar-refractivity contribution in [1.29, 1.82) is 0 Å². The molecule has 1 saturated heterocycles. The third-order valence-corrected chi connectivity index (χ3v) is 3.75. The first-order valence-electron chi connectivity index (χ1n) is 5.62. The van der Waals surface area contributed by atoms with E-state index in [9.17, 15) is 0 Å². The van der Waals surface area contributed by atoms with Crippen LogP contribution < -0.4 is 5.73 Å². The molecule has 0 bridgehead atoms. The van der Waals surface area contributed by atoms with Crippen molar-refractivity contribution in [3.63, 3.8) is 0 Å². The highest BCUT2D eigenvalue weighted by Crippen LogP contribution is 2.28. The van der Waals surface area contributed by atoms with Gasteiger partial charge in [0, 0.05) is 19.1 Å². The maximum absolute atomic E-state index is 5.87. The minimum Gasteiger partial charge on any atom is -0.383 e. The molecule has 1 aliphatic heterocycles. The van der Waals surface area contributed by atoms with Gasteiger partial charge in [0.15, 0.2) is 0 Å². The molecule has 1 aromatic heterocycles. The molecular weight excluding hydrogens is 270 g/mol. The zero-order valence-electron chi connectivity index (χ0n) is 9.37. The van der Waals surface area contributed by atoms with Crippen LogP contribution in [0.5, 0.6) is 0 Å². The van der Waals surface area contributed by atoms with Gasteiger partial charge in [-0.25, -0.2) is 9.97 Å². The van der Waals surface area contributed by atoms with Crippen molar-refractivity contribution in [2.24, 2.45) is 0 Å². The first-order valence-corrected chi connectivity index (χ1v) is 6.41. The van der Waals surface area contributed by atoms with Crippen LogP contribution in [-0.4, -0.2) is 23.2 Å². The molecular formula is C11H16BrN3O. The number of halogens is 1. The fraction of sp³-hybridized carbons (Fsp3) is 0.636. The minimum atomic E-state index is 0.398. The molecule has 1 fully saturated rings. The van der Waals surface area contributed by atoms with E-state index in [0.29, 0.717) is 11.7 Å². The maximum atomic E-state index is 5.87. The summed E-state index contributed by atoms with van der Waals surface area (Å²) in [4.78, 5) is 8.95. The topological polar surface area (TPSA) is 61.0 Å². The molecule has 0 spiro atoms. The lowest BCUT2D eigenvalue weighted by atomic mass is 9.99. The van der Waals surface area contributed by atoms with Crippen molar-refractivity contribution in [1.82, 2.24) is 9.97 Å². The Kier molecular flexibility index (Phi) is 3.76. The minimum absolute atomic E-state index is 0.398. The Labute approximate surface area is 104 Å². The number of nitrogens with zero attached hydrogens (tertiary/aromatic N) is 2. The van der Waals surface area contributed by atoms with E-state index in [1.807, 2.05) is 0 Å². The second-order valence-electron chi connectivity index (χ2n) is 3.97. The predicted molar refractivity (Wildman–Crippen MR) is 66.3 cm³/mol. The molecule has 0 atom stereocenters. The van der Waals surface area contributed by atoms with E-state index in [1.165, 1.54) is 0 Å². The molecule has 0 amide bonds. The molecule has 2 rings (SSSR count). The lowest BCUT2D eigenvalue weighted by Gasteiger charge is -2.21. The molecule has 88 valence electrons. The van der Waals surface area contributed by atoms with Crippen LogP contribution in [0.15, 0.2) is 4.47 Å². The summed E-state index contributed by atoms with van der Waals surface area (Å²) >= 11 is 3.42. The van der Waals surface area contributed by atoms with Crippen molar-refractivity contribution in [2.45, 2.75) is 32.1 Å². The summed E-state index contributed by atoms with van der Waals surface area (Å²) < 4.78 is 6.17. The van der Waals surface area contributed by atoms with Crippen molar-refractivity contribution < 1.29 is 4.74 Å². The lowest BCUT2D eigenvalue weighted by molar-refractivity contribution is 0.0835. The average molecular weight is 286 g/mol. The molecule has 5 heteroatoms. The monoisotopic (exact) mass is 285 g/mol. The summed E-state index contributed by atoms with van der Waals surface area (Å²) in [6, 6.07) is 0. The highest BCUT2D eigenvalue weighted by molar-refractivity contribution is 9.10. The normalized spacial score (nSPS) is 17.6. The van der Waals surface area contributed by atoms with E-state index in [4.69, 9.17) is 10.5 Å². The van der Waals surface area contributed by atoms with Gasteiger partial charge in [-0.05, 0) is 35.2 Å². The summed E-state index contributed by atoms with van der Waals surface area (Å²) in [7, 11) is 0. The van der Waals surface area contributed by atoms with E-state index in [1.54, 1.807) is 0 Å². The SMILES string of the molecule is CCc1nc(C2CCOCC2)nc(N)c1Br. The van der Waals surface area contributed by atoms with Crippen LogP contribution in [0, 0.1) is 0 Å². The van der Waals surface area contributed by atoms with Crippen LogP contribution >= 0.6 is 15.9 Å². The largest absolute Gasteiger partial charge is 0.383 e. The number of hydrogen-bond donors (Lipinski definition) is 1. The highest BCUT2D eigenvalue weighted by atomic mass is 79.9. The predicted octanol–water partition coefficient (Wildman–Crippen LogP) is 2.28. The van der Waals surface area contributed by atoms with E-state index < -0.39 is 0 Å². The molecule has 2 N–H and O–H groups in total. The molecule has 16 heavy (non-hydrogen) atoms. The number of hydrogen-bond acceptors (Lipinski definition) is 4. The van der Waals surface area contributed by atoms with Crippen molar-refractivity contribution in [3.8, 4) is 0 Å². The Hall–Kier alpha value is -0.680. The fourth-order valence-electron chi connectivity index (χ4n) is 1.91. The first-order chi connectivity index (χ1) is 7.72. The highest BCUT2D eigenvalue weighted by Gasteiger charge is 2.20. The van der Waals surface area contributed by atoms with Gasteiger partial charge in [-0.1, -0.05) is 6.92 Å². The summed E-state index contributed by atoms with van der Waals surface area (Å²) in [5.74, 6) is 1.82. The van der Waals surface area contributed by atoms with Crippen LogP contribution in [-0.2, 0) is 11.2 Å². The number of ether oxygens (including phenoxy) is 1. The lowest BCUT2D eigenvalue weighted by Crippen LogP contribution is -2.17. The van der Waals surface area contributed by atoms with Crippen LogP contribution in [0.4, 0.5) is 5.82 Å². The third kappa shape index (κ3) is 2.35. The van der Waals surface area contributed by atoms with Gasteiger partial charge in [0.25, 0.3) is 0 Å². The molecule has 1 aliphatic rings. The van der Waals surface area contributed by atoms with Gasteiger partial charge in [0.2, 0.25) is 0 Å². The Morgan fingerprint density at radius 3 is 2.69 bits per heavy atom. The van der Waals surface area contributed by atoms with Crippen LogP contribution in [0.25, 0.3) is 0 Å². The quantitative estimate of drug-likeness (QED) is 0.906. The first kappa shape index (κ1) is 11.8. The van der Waals surface area contributed by atoms with Gasteiger partial charge in [-0.3, -0.25) is 0 Å². The Bertz CT molecular complexity index is 378. The van der Waals surface area contributed by atoms with E-state index in [-0.39, 0.29) is 0 Å². The molecule has 0 saturated carbocycles. The fourth-order valence-corrected chi connectivity index (χ4v) is 2.36. The number of nitrogens with two attached hydrogens (primary N) is 1. The van der Waals surface area contributed by atoms with E-state index >= 15 is 0 Å². The van der Waals surface area contributed by atoms with Crippen LogP contribution in [0.2, 0.25) is 0 Å². The average Bonchev–Trinajstić information content (AvgIpc) is 2.33. The van der Waals surface area contributed by atoms with Crippen LogP contribution in [0.1, 0.15) is 37.2 Å². The van der Waals surface area contributed by atoms with Crippen molar-refractivity contribution in [3.05, 3.63) is 16.0 Å². The molecule has 0 aromatic carbocycles. The van der Waals surface area contributed by atoms with Crippen LogP contribution in [0.3, 0.4) is 0 Å². The second kappa shape index (κ2) is 5.10. The van der Waals surface area contributed by atoms with E-state index in [0.717, 1.165) is 48.5 Å². The smallest absolute Gasteiger partial charge is 0.141 e. The number of aryl methyl sites for hydroxylation is 1. The van der Waals surface area contributed by atoms with Gasteiger partial charge in [0.05, 0.1) is 10.2 Å². The number of nitrogen functional groups attached to an aromatic ring is 1. The molecule has 4 nitrogen and oxygen atoms in total. The summed E-state index contributed by atoms with van der Waals surface area (Å²) in [6.07, 6.45) is 2.85. The zero-order chi connectivity index (χ0) is 11.5. The number of anilines is 1. The number of rotatable bonds is 2. The summed E-state index contributed by atoms with van der Waals surface area (Å²) in [5, 5.41) is 0. The van der Waals surface area contributed by atoms with Gasteiger partial charge < -0.3 is 10.5 Å². The van der Waals surface area contributed by atoms with Gasteiger partial charge in [0.1, 0.15) is 11.6 Å². The van der Waals surface area contributed by atoms with Crippen molar-refractivity contribution in [2.75, 3.05) is 18.9 Å². The van der Waals surface area contributed by atoms with Gasteiger partial charge in [-0.15, -0.1) is 0 Å². The zero-order valence-corrected chi connectivity index (χ0v) is 11.0. The van der Waals surface area contributed by atoms with Gasteiger partial charge >= 0.3 is 0 Å². The second-order valence-corrected chi connectivity index (χ2v) is 4.76. The Balaban J connectivity index is 2.29. The maximum Gasteiger partial charge on any atom is 0.141 e. The standard InChI is InChI=1S/C11H16BrN3O/c1-2-8-9(12)10(13)15-11(14-8)7-3-5-16-6-4-7/h7H,2-6H2,1H3,(H2,13,14,15). The summed E-state index contributed by atoms with van der Waals surface area (Å²) in [6.45, 7) is 3.66. The Morgan fingerprint density at radius 2 is 2.06 bits per heavy atom. The third-order valence-electron chi connectivity index (χ3n) is 2.88. The number of aromatic nitrogens is 2. The molecule has 0 unspecified atom stereocenters. The molecule has 0 aliphatic carbocycles. The molecule has 0 radical (unpaired) electrons. The Morgan fingerprint density at radius 1 is 1.38 bits per heavy atom. The summed E-state index contributed by atoms with van der Waals surface area (Å²) in [5.41, 5.74) is 6.87. The molecule has 1 aromatic rings. The van der Waals surface area contributed by atoms with Gasteiger partial charge in [-0.2, -0.15) is 0 Å². The van der Waals surface area contributed by atoms with E-state index in [2.05, 4.69) is 32.8 Å². The molecule has 2 heterocycles.